The van der Waals surface area contributed by atoms with Crippen LogP contribution in [0.5, 0.6) is 5.75 Å². The molecular weight excluding hydrogens is 284 g/mol. The van der Waals surface area contributed by atoms with Crippen molar-refractivity contribution in [3.8, 4) is 5.75 Å². The summed E-state index contributed by atoms with van der Waals surface area (Å²) in [5, 5.41) is 9.01. The minimum atomic E-state index is -1.05. The van der Waals surface area contributed by atoms with Crippen LogP contribution in [0.4, 0.5) is 0 Å². The highest BCUT2D eigenvalue weighted by Gasteiger charge is 2.08. The minimum absolute atomic E-state index is 0.0951. The summed E-state index contributed by atoms with van der Waals surface area (Å²) in [6.45, 7) is 5.56. The molecule has 1 aromatic carbocycles. The third-order valence-electron chi connectivity index (χ3n) is 2.31. The van der Waals surface area contributed by atoms with Crippen molar-refractivity contribution < 1.29 is 24.2 Å². The first-order valence-electron chi connectivity index (χ1n) is 5.90. The number of ether oxygens (including phenoxy) is 2. The van der Waals surface area contributed by atoms with Crippen molar-refractivity contribution in [2.24, 2.45) is 0 Å². The first-order valence-corrected chi connectivity index (χ1v) is 6.28. The summed E-state index contributed by atoms with van der Waals surface area (Å²) < 4.78 is 10.3. The van der Waals surface area contributed by atoms with E-state index in [0.717, 1.165) is 0 Å². The molecule has 0 aromatic heterocycles. The number of carboxylic acid groups (broad SMARTS) is 1. The molecular formula is C14H15ClO5. The van der Waals surface area contributed by atoms with Gasteiger partial charge < -0.3 is 14.6 Å². The van der Waals surface area contributed by atoms with Gasteiger partial charge in [0, 0.05) is 12.0 Å². The lowest BCUT2D eigenvalue weighted by molar-refractivity contribution is -0.139. The summed E-state index contributed by atoms with van der Waals surface area (Å²) in [5.41, 5.74) is 0.441. The molecule has 1 rings (SSSR count). The van der Waals surface area contributed by atoms with Crippen molar-refractivity contribution in [1.29, 1.82) is 0 Å². The molecule has 0 amide bonds. The van der Waals surface area contributed by atoms with Crippen molar-refractivity contribution in [3.63, 3.8) is 0 Å². The first kappa shape index (κ1) is 16.0. The van der Waals surface area contributed by atoms with Crippen molar-refractivity contribution >= 4 is 23.5 Å². The van der Waals surface area contributed by atoms with Crippen LogP contribution in [0.25, 0.3) is 0 Å². The van der Waals surface area contributed by atoms with Gasteiger partial charge in [-0.3, -0.25) is 0 Å². The predicted octanol–water partition coefficient (Wildman–Crippen LogP) is 2.93. The zero-order valence-electron chi connectivity index (χ0n) is 11.0. The van der Waals surface area contributed by atoms with Gasteiger partial charge in [0.25, 0.3) is 0 Å². The largest absolute Gasteiger partial charge is 0.492 e. The van der Waals surface area contributed by atoms with E-state index in [1.807, 2.05) is 0 Å². The van der Waals surface area contributed by atoms with Gasteiger partial charge in [0.1, 0.15) is 5.75 Å². The van der Waals surface area contributed by atoms with Crippen LogP contribution in [0.3, 0.4) is 0 Å². The van der Waals surface area contributed by atoms with E-state index in [4.69, 9.17) is 26.2 Å². The van der Waals surface area contributed by atoms with E-state index in [9.17, 15) is 9.59 Å². The number of benzene rings is 1. The quantitative estimate of drug-likeness (QED) is 0.476. The molecule has 0 aliphatic heterocycles. The summed E-state index contributed by atoms with van der Waals surface area (Å²) >= 11 is 5.89. The molecule has 0 spiro atoms. The zero-order chi connectivity index (χ0) is 15.1. The van der Waals surface area contributed by atoms with Crippen LogP contribution >= 0.6 is 11.6 Å². The van der Waals surface area contributed by atoms with Crippen molar-refractivity contribution in [1.82, 2.24) is 0 Å². The predicted molar refractivity (Wildman–Crippen MR) is 74.3 cm³/mol. The van der Waals surface area contributed by atoms with Gasteiger partial charge in [-0.2, -0.15) is 0 Å². The second-order valence-electron chi connectivity index (χ2n) is 4.07. The number of esters is 1. The molecule has 1 N–H and O–H groups in total. The Kier molecular flexibility index (Phi) is 6.06. The van der Waals surface area contributed by atoms with Gasteiger partial charge in [-0.1, -0.05) is 18.2 Å². The lowest BCUT2D eigenvalue weighted by atomic mass is 10.2. The lowest BCUT2D eigenvalue weighted by Gasteiger charge is -2.09. The van der Waals surface area contributed by atoms with Crippen LogP contribution in [-0.2, 0) is 9.53 Å². The topological polar surface area (TPSA) is 72.8 Å². The maximum atomic E-state index is 11.1. The molecule has 108 valence electrons. The monoisotopic (exact) mass is 298 g/mol. The molecule has 0 saturated heterocycles. The number of carboxylic acids is 1. The number of carbonyl (C=O) groups excluding carboxylic acids is 1. The Morgan fingerprint density at radius 1 is 1.35 bits per heavy atom. The number of hydrogen-bond acceptors (Lipinski definition) is 4. The minimum Gasteiger partial charge on any atom is -0.492 e. The van der Waals surface area contributed by atoms with Crippen LogP contribution in [0.2, 0.25) is 5.02 Å². The molecule has 1 aromatic rings. The Hall–Kier alpha value is -2.01. The molecule has 0 aliphatic carbocycles. The Morgan fingerprint density at radius 2 is 2.05 bits per heavy atom. The summed E-state index contributed by atoms with van der Waals surface area (Å²) in [4.78, 5) is 21.8. The summed E-state index contributed by atoms with van der Waals surface area (Å²) in [5.74, 6) is -1.10. The number of hydrogen-bond donors (Lipinski definition) is 1. The standard InChI is InChI=1S/C14H15ClO5/c1-9(2)14(18)20-7-3-6-19-12-5-4-10(13(16)17)8-11(12)15/h4-5,8H,1,3,6-7H2,2H3,(H,16,17). The lowest BCUT2D eigenvalue weighted by Crippen LogP contribution is -2.09. The third kappa shape index (κ3) is 4.93. The van der Waals surface area contributed by atoms with Gasteiger partial charge in [0.15, 0.2) is 0 Å². The van der Waals surface area contributed by atoms with Crippen LogP contribution in [0.1, 0.15) is 23.7 Å². The molecule has 0 heterocycles. The summed E-state index contributed by atoms with van der Waals surface area (Å²) in [6, 6.07) is 4.22. The van der Waals surface area contributed by atoms with E-state index in [0.29, 0.717) is 24.4 Å². The molecule has 0 bridgehead atoms. The number of rotatable bonds is 7. The normalized spacial score (nSPS) is 9.90. The molecule has 0 saturated carbocycles. The Balaban J connectivity index is 2.37. The summed E-state index contributed by atoms with van der Waals surface area (Å²) in [7, 11) is 0. The van der Waals surface area contributed by atoms with Crippen LogP contribution in [-0.4, -0.2) is 30.3 Å². The van der Waals surface area contributed by atoms with E-state index < -0.39 is 11.9 Å². The molecule has 0 aliphatic rings. The molecule has 0 unspecified atom stereocenters. The molecule has 5 nitrogen and oxygen atoms in total. The third-order valence-corrected chi connectivity index (χ3v) is 2.60. The van der Waals surface area contributed by atoms with Gasteiger partial charge >= 0.3 is 11.9 Å². The number of halogens is 1. The average molecular weight is 299 g/mol. The van der Waals surface area contributed by atoms with E-state index in [2.05, 4.69) is 6.58 Å². The van der Waals surface area contributed by atoms with E-state index in [1.54, 1.807) is 6.92 Å². The smallest absolute Gasteiger partial charge is 0.335 e. The fraction of sp³-hybridized carbons (Fsp3) is 0.286. The summed E-state index contributed by atoms with van der Waals surface area (Å²) in [6.07, 6.45) is 0.496. The van der Waals surface area contributed by atoms with E-state index >= 15 is 0 Å². The molecule has 20 heavy (non-hydrogen) atoms. The number of aromatic carboxylic acids is 1. The zero-order valence-corrected chi connectivity index (χ0v) is 11.8. The molecule has 0 fully saturated rings. The van der Waals surface area contributed by atoms with Crippen molar-refractivity contribution in [2.75, 3.05) is 13.2 Å². The van der Waals surface area contributed by atoms with Gasteiger partial charge in [-0.25, -0.2) is 9.59 Å². The van der Waals surface area contributed by atoms with Crippen molar-refractivity contribution in [2.45, 2.75) is 13.3 Å². The van der Waals surface area contributed by atoms with E-state index in [-0.39, 0.29) is 17.2 Å². The van der Waals surface area contributed by atoms with Crippen LogP contribution in [0.15, 0.2) is 30.4 Å². The fourth-order valence-corrected chi connectivity index (χ4v) is 1.52. The van der Waals surface area contributed by atoms with Gasteiger partial charge in [-0.15, -0.1) is 0 Å². The Bertz CT molecular complexity index is 524. The van der Waals surface area contributed by atoms with Gasteiger partial charge in [0.05, 0.1) is 23.8 Å². The fourth-order valence-electron chi connectivity index (χ4n) is 1.28. The second-order valence-corrected chi connectivity index (χ2v) is 4.48. The maximum absolute atomic E-state index is 11.1. The Labute approximate surface area is 121 Å². The van der Waals surface area contributed by atoms with Crippen molar-refractivity contribution in [3.05, 3.63) is 40.9 Å². The second kappa shape index (κ2) is 7.55. The highest BCUT2D eigenvalue weighted by Crippen LogP contribution is 2.25. The van der Waals surface area contributed by atoms with E-state index in [1.165, 1.54) is 18.2 Å². The van der Waals surface area contributed by atoms with Crippen LogP contribution < -0.4 is 4.74 Å². The SMILES string of the molecule is C=C(C)C(=O)OCCCOc1ccc(C(=O)O)cc1Cl. The van der Waals surface area contributed by atoms with Gasteiger partial charge in [-0.05, 0) is 25.1 Å². The first-order chi connectivity index (χ1) is 9.41. The molecule has 0 radical (unpaired) electrons. The molecule has 0 atom stereocenters. The van der Waals surface area contributed by atoms with Crippen LogP contribution in [0, 0.1) is 0 Å². The average Bonchev–Trinajstić information content (AvgIpc) is 2.39. The van der Waals surface area contributed by atoms with Gasteiger partial charge in [0.2, 0.25) is 0 Å². The highest BCUT2D eigenvalue weighted by molar-refractivity contribution is 6.32. The maximum Gasteiger partial charge on any atom is 0.335 e. The number of carbonyl (C=O) groups is 2. The Morgan fingerprint density at radius 3 is 2.60 bits per heavy atom. The molecule has 6 heteroatoms. The highest BCUT2D eigenvalue weighted by atomic mass is 35.5.